The summed E-state index contributed by atoms with van der Waals surface area (Å²) < 4.78 is 3.79. The maximum atomic E-state index is 8.68. The number of nitriles is 1. The molecule has 1 rings (SSSR count). The molecule has 0 aromatic carbocycles. The molecule has 0 aromatic heterocycles. The van der Waals surface area contributed by atoms with E-state index in [0.29, 0.717) is 11.3 Å². The van der Waals surface area contributed by atoms with Gasteiger partial charge in [0, 0.05) is 0 Å². The van der Waals surface area contributed by atoms with Gasteiger partial charge in [0.05, 0.1) is 0 Å². The van der Waals surface area contributed by atoms with E-state index in [-0.39, 0.29) is 0 Å². The minimum absolute atomic E-state index is 0.656. The van der Waals surface area contributed by atoms with E-state index >= 15 is 0 Å². The van der Waals surface area contributed by atoms with Crippen LogP contribution in [0.3, 0.4) is 0 Å². The molecule has 0 aromatic rings. The summed E-state index contributed by atoms with van der Waals surface area (Å²) in [5.41, 5.74) is 0. The summed E-state index contributed by atoms with van der Waals surface area (Å²) in [6.07, 6.45) is 0. The van der Waals surface area contributed by atoms with Crippen LogP contribution in [-0.2, 0) is 0 Å². The number of halogens is 1. The molecule has 6 heteroatoms. The molecular formula is C6H13IN5+. The Labute approximate surface area is 79.6 Å². The second-order valence-corrected chi connectivity index (χ2v) is 7.69. The summed E-state index contributed by atoms with van der Waals surface area (Å²) in [6.45, 7) is 0.690. The van der Waals surface area contributed by atoms with E-state index in [1.165, 1.54) is 0 Å². The Bertz CT molecular complexity index is 231. The molecule has 0 amide bonds. The summed E-state index contributed by atoms with van der Waals surface area (Å²) in [4.78, 5) is 2.04. The monoisotopic (exact) mass is 282 g/mol. The van der Waals surface area contributed by atoms with Crippen LogP contribution in [0.15, 0.2) is 10.3 Å². The predicted octanol–water partition coefficient (Wildman–Crippen LogP) is 1.19. The first-order valence-electron chi connectivity index (χ1n) is 3.50. The molecule has 1 heterocycles. The van der Waals surface area contributed by atoms with Gasteiger partial charge in [-0.05, 0) is 0 Å². The van der Waals surface area contributed by atoms with E-state index in [2.05, 4.69) is 14.4 Å². The molecule has 0 aliphatic carbocycles. The third-order valence-corrected chi connectivity index (χ3v) is 4.09. The Morgan fingerprint density at radius 2 is 2.33 bits per heavy atom. The number of nitrogens with zero attached hydrogens (tertiary/aromatic N) is 5. The molecule has 0 atom stereocenters. The van der Waals surface area contributed by atoms with Gasteiger partial charge in [-0.25, -0.2) is 0 Å². The molecule has 68 valence electrons. The fraction of sp³-hybridized carbons (Fsp3) is 0.833. The second-order valence-electron chi connectivity index (χ2n) is 3.16. The van der Waals surface area contributed by atoms with Gasteiger partial charge in [-0.1, -0.05) is 0 Å². The van der Waals surface area contributed by atoms with Crippen molar-refractivity contribution in [2.24, 2.45) is 10.3 Å². The number of hydrogen-bond donors (Lipinski definition) is 0. The second kappa shape index (κ2) is 3.53. The third-order valence-electron chi connectivity index (χ3n) is 1.63. The van der Waals surface area contributed by atoms with Gasteiger partial charge in [-0.3, -0.25) is 0 Å². The molecule has 12 heavy (non-hydrogen) atoms. The van der Waals surface area contributed by atoms with Crippen molar-refractivity contribution in [3.05, 3.63) is 0 Å². The van der Waals surface area contributed by atoms with Gasteiger partial charge in [0.1, 0.15) is 0 Å². The van der Waals surface area contributed by atoms with Crippen LogP contribution in [0, 0.1) is 9.34 Å². The van der Waals surface area contributed by atoms with Crippen LogP contribution in [0.2, 0.25) is 0 Å². The van der Waals surface area contributed by atoms with Gasteiger partial charge in [-0.15, -0.1) is 0 Å². The Kier molecular flexibility index (Phi) is 2.85. The van der Waals surface area contributed by atoms with Crippen LogP contribution in [0.5, 0.6) is 0 Å². The van der Waals surface area contributed by atoms with Crippen LogP contribution in [-0.4, -0.2) is 40.0 Å². The Hall–Kier alpha value is -0.420. The quantitative estimate of drug-likeness (QED) is 0.330. The van der Waals surface area contributed by atoms with E-state index in [9.17, 15) is 0 Å². The predicted molar refractivity (Wildman–Crippen MR) is 54.1 cm³/mol. The van der Waals surface area contributed by atoms with Gasteiger partial charge in [0.25, 0.3) is 0 Å². The fourth-order valence-electron chi connectivity index (χ4n) is 0.793. The Morgan fingerprint density at radius 1 is 1.67 bits per heavy atom. The maximum absolute atomic E-state index is 8.68. The molecule has 1 aliphatic rings. The molecular weight excluding hydrogens is 269 g/mol. The summed E-state index contributed by atoms with van der Waals surface area (Å²) >= 11 is -1.42. The first-order chi connectivity index (χ1) is 5.56. The van der Waals surface area contributed by atoms with Crippen LogP contribution in [0.1, 0.15) is 0 Å². The molecule has 0 radical (unpaired) electrons. The fourth-order valence-corrected chi connectivity index (χ4v) is 2.82. The normalized spacial score (nSPS) is 20.8. The molecule has 0 fully saturated rings. The van der Waals surface area contributed by atoms with Crippen LogP contribution < -0.4 is 0 Å². The number of rotatable bonds is 2. The topological polar surface area (TPSA) is 51.8 Å². The van der Waals surface area contributed by atoms with E-state index < -0.39 is 19.8 Å². The third kappa shape index (κ3) is 2.04. The zero-order valence-electron chi connectivity index (χ0n) is 7.53. The summed E-state index contributed by atoms with van der Waals surface area (Å²) in [5.74, 6) is 0. The molecule has 0 N–H and O–H groups in total. The average molecular weight is 282 g/mol. The van der Waals surface area contributed by atoms with E-state index in [4.69, 9.17) is 5.26 Å². The molecule has 5 nitrogen and oxygen atoms in total. The van der Waals surface area contributed by atoms with Crippen molar-refractivity contribution in [2.45, 2.75) is 0 Å². The standard InChI is InChI=1S/C6H13IN5/c1-7(4-8)5-11-10-9-6-12(11,2)3/h5-6H2,1-3H3/q+1. The summed E-state index contributed by atoms with van der Waals surface area (Å²) in [5, 5.41) is 18.5. The van der Waals surface area contributed by atoms with Crippen molar-refractivity contribution >= 4 is 19.8 Å². The first-order valence-corrected chi connectivity index (χ1v) is 8.26. The van der Waals surface area contributed by atoms with Gasteiger partial charge >= 0.3 is 79.5 Å². The number of quaternary nitrogens is 1. The SMILES string of the molecule is CI(C#N)CN1N=NC[N+]1(C)C. The summed E-state index contributed by atoms with van der Waals surface area (Å²) in [6, 6.07) is 0. The van der Waals surface area contributed by atoms with Crippen LogP contribution in [0.4, 0.5) is 0 Å². The van der Waals surface area contributed by atoms with Crippen molar-refractivity contribution in [2.75, 3.05) is 30.2 Å². The molecule has 0 saturated heterocycles. The van der Waals surface area contributed by atoms with Crippen molar-refractivity contribution in [3.63, 3.8) is 0 Å². The number of alkyl halides is 2. The molecule has 0 bridgehead atoms. The zero-order chi connectivity index (χ0) is 9.19. The molecule has 0 saturated carbocycles. The van der Waals surface area contributed by atoms with Crippen molar-refractivity contribution < 1.29 is 4.59 Å². The molecule has 1 aliphatic heterocycles. The zero-order valence-corrected chi connectivity index (χ0v) is 9.69. The van der Waals surface area contributed by atoms with Gasteiger partial charge in [0.15, 0.2) is 0 Å². The van der Waals surface area contributed by atoms with Crippen molar-refractivity contribution in [1.29, 1.82) is 5.26 Å². The van der Waals surface area contributed by atoms with E-state index in [1.807, 2.05) is 24.1 Å². The molecule has 0 unspecified atom stereocenters. The van der Waals surface area contributed by atoms with Crippen LogP contribution >= 0.6 is 19.8 Å². The number of hydrogen-bond acceptors (Lipinski definition) is 4. The van der Waals surface area contributed by atoms with Crippen LogP contribution in [0.25, 0.3) is 0 Å². The van der Waals surface area contributed by atoms with E-state index in [0.717, 1.165) is 4.55 Å². The summed E-state index contributed by atoms with van der Waals surface area (Å²) in [7, 11) is 4.09. The Balaban J connectivity index is 2.53. The minimum atomic E-state index is -1.42. The van der Waals surface area contributed by atoms with Crippen molar-refractivity contribution in [3.8, 4) is 4.08 Å². The average Bonchev–Trinajstić information content (AvgIpc) is 2.31. The molecule has 0 spiro atoms. The Morgan fingerprint density at radius 3 is 2.75 bits per heavy atom. The van der Waals surface area contributed by atoms with Gasteiger partial charge in [-0.2, -0.15) is 0 Å². The van der Waals surface area contributed by atoms with Crippen molar-refractivity contribution in [1.82, 2.24) is 5.12 Å². The van der Waals surface area contributed by atoms with E-state index in [1.54, 1.807) is 0 Å². The first kappa shape index (κ1) is 9.67. The van der Waals surface area contributed by atoms with Gasteiger partial charge in [0.2, 0.25) is 0 Å². The van der Waals surface area contributed by atoms with Gasteiger partial charge < -0.3 is 0 Å².